The second-order valence-electron chi connectivity index (χ2n) is 7.89. The number of thiocarbonyl (C=S) groups is 1. The predicted octanol–water partition coefficient (Wildman–Crippen LogP) is 8.22. The van der Waals surface area contributed by atoms with E-state index in [1.807, 2.05) is 13.0 Å². The molecule has 0 saturated carbocycles. The Kier molecular flexibility index (Phi) is 9.87. The number of anilines is 1. The molecule has 3 aromatic rings. The number of thioether (sulfide) groups is 1. The third-order valence-corrected chi connectivity index (χ3v) is 7.91. The number of ether oxygens (including phenoxy) is 2. The summed E-state index contributed by atoms with van der Waals surface area (Å²) >= 11 is 30.3. The molecule has 0 radical (unpaired) electrons. The van der Waals surface area contributed by atoms with Gasteiger partial charge in [0.15, 0.2) is 15.8 Å². The molecule has 1 saturated heterocycles. The topological polar surface area (TPSA) is 79.9 Å². The third kappa shape index (κ3) is 7.51. The highest BCUT2D eigenvalue weighted by molar-refractivity contribution is 8.26. The van der Waals surface area contributed by atoms with Crippen molar-refractivity contribution in [2.24, 2.45) is 0 Å². The Bertz CT molecular complexity index is 1490. The SMILES string of the molecule is CCOc1cc(/C=C2/SC(=S)N(NC(=O)Nc3ccc(Cl)c(Cl)c3)C2=O)ccc1OCc1ccc(Cl)c(Cl)c1. The van der Waals surface area contributed by atoms with E-state index in [1.165, 1.54) is 6.07 Å². The van der Waals surface area contributed by atoms with Gasteiger partial charge in [-0.05, 0) is 78.8 Å². The molecule has 3 aromatic carbocycles. The minimum Gasteiger partial charge on any atom is -0.490 e. The van der Waals surface area contributed by atoms with E-state index in [9.17, 15) is 9.59 Å². The predicted molar refractivity (Wildman–Crippen MR) is 162 cm³/mol. The zero-order valence-electron chi connectivity index (χ0n) is 20.1. The lowest BCUT2D eigenvalue weighted by atomic mass is 10.2. The number of carbonyl (C=O) groups excluding carboxylic acids is 2. The zero-order valence-corrected chi connectivity index (χ0v) is 24.8. The van der Waals surface area contributed by atoms with E-state index in [-0.39, 0.29) is 16.0 Å². The molecular formula is C26H19Cl4N3O4S2. The first-order chi connectivity index (χ1) is 18.6. The van der Waals surface area contributed by atoms with Crippen LogP contribution in [0.4, 0.5) is 10.5 Å². The molecule has 1 aliphatic rings. The first-order valence-corrected chi connectivity index (χ1v) is 14.0. The van der Waals surface area contributed by atoms with Crippen LogP contribution in [0.5, 0.6) is 11.5 Å². The number of hydrogen-bond acceptors (Lipinski definition) is 6. The van der Waals surface area contributed by atoms with Gasteiger partial charge in [0, 0.05) is 5.69 Å². The molecule has 2 N–H and O–H groups in total. The molecule has 0 unspecified atom stereocenters. The Morgan fingerprint density at radius 2 is 1.67 bits per heavy atom. The molecule has 0 aliphatic carbocycles. The van der Waals surface area contributed by atoms with Gasteiger partial charge in [0.1, 0.15) is 6.61 Å². The van der Waals surface area contributed by atoms with Crippen LogP contribution >= 0.6 is 70.4 Å². The molecule has 13 heteroatoms. The minimum atomic E-state index is -0.673. The monoisotopic (exact) mass is 641 g/mol. The summed E-state index contributed by atoms with van der Waals surface area (Å²) in [5.74, 6) is 0.543. The molecule has 1 aliphatic heterocycles. The molecular weight excluding hydrogens is 624 g/mol. The number of rotatable bonds is 8. The molecule has 7 nitrogen and oxygen atoms in total. The van der Waals surface area contributed by atoms with Crippen molar-refractivity contribution in [2.75, 3.05) is 11.9 Å². The average Bonchev–Trinajstić information content (AvgIpc) is 3.15. The average molecular weight is 643 g/mol. The molecule has 0 bridgehead atoms. The van der Waals surface area contributed by atoms with Gasteiger partial charge in [0.25, 0.3) is 5.91 Å². The quantitative estimate of drug-likeness (QED) is 0.190. The van der Waals surface area contributed by atoms with Gasteiger partial charge >= 0.3 is 6.03 Å². The highest BCUT2D eigenvalue weighted by Gasteiger charge is 2.33. The van der Waals surface area contributed by atoms with E-state index in [2.05, 4.69) is 10.7 Å². The van der Waals surface area contributed by atoms with Crippen molar-refractivity contribution in [3.63, 3.8) is 0 Å². The van der Waals surface area contributed by atoms with Crippen LogP contribution in [-0.2, 0) is 11.4 Å². The van der Waals surface area contributed by atoms with Crippen LogP contribution in [-0.4, -0.2) is 27.9 Å². The Morgan fingerprint density at radius 1 is 0.949 bits per heavy atom. The van der Waals surface area contributed by atoms with Gasteiger partial charge in [-0.15, -0.1) is 0 Å². The summed E-state index contributed by atoms with van der Waals surface area (Å²) in [4.78, 5) is 25.8. The molecule has 4 rings (SSSR count). The highest BCUT2D eigenvalue weighted by Crippen LogP contribution is 2.35. The van der Waals surface area contributed by atoms with Crippen LogP contribution in [0.25, 0.3) is 6.08 Å². The number of amides is 3. The Balaban J connectivity index is 1.44. The van der Waals surface area contributed by atoms with Crippen LogP contribution in [0, 0.1) is 0 Å². The van der Waals surface area contributed by atoms with E-state index in [0.29, 0.717) is 49.3 Å². The van der Waals surface area contributed by atoms with Crippen LogP contribution < -0.4 is 20.2 Å². The number of urea groups is 1. The Labute approximate surface area is 254 Å². The summed E-state index contributed by atoms with van der Waals surface area (Å²) in [6, 6.07) is 14.5. The molecule has 202 valence electrons. The molecule has 0 aromatic heterocycles. The first kappa shape index (κ1) is 29.3. The van der Waals surface area contributed by atoms with E-state index in [4.69, 9.17) is 68.1 Å². The van der Waals surface area contributed by atoms with Crippen molar-refractivity contribution >= 4 is 98.4 Å². The van der Waals surface area contributed by atoms with Crippen molar-refractivity contribution in [2.45, 2.75) is 13.5 Å². The summed E-state index contributed by atoms with van der Waals surface area (Å²) in [5.41, 5.74) is 4.37. The normalized spacial score (nSPS) is 14.1. The summed E-state index contributed by atoms with van der Waals surface area (Å²) in [6.07, 6.45) is 1.66. The smallest absolute Gasteiger partial charge is 0.338 e. The summed E-state index contributed by atoms with van der Waals surface area (Å²) < 4.78 is 11.9. The maximum atomic E-state index is 13.0. The second-order valence-corrected chi connectivity index (χ2v) is 11.2. The Hall–Kier alpha value is -2.66. The van der Waals surface area contributed by atoms with E-state index in [0.717, 1.165) is 22.3 Å². The van der Waals surface area contributed by atoms with Gasteiger partial charge in [0.05, 0.1) is 31.6 Å². The van der Waals surface area contributed by atoms with Gasteiger partial charge in [-0.1, -0.05) is 70.3 Å². The van der Waals surface area contributed by atoms with Gasteiger partial charge in [0.2, 0.25) is 0 Å². The third-order valence-electron chi connectivity index (χ3n) is 5.13. The van der Waals surface area contributed by atoms with Gasteiger partial charge in [-0.25, -0.2) is 10.2 Å². The number of carbonyl (C=O) groups is 2. The number of nitrogens with zero attached hydrogens (tertiary/aromatic N) is 1. The molecule has 0 spiro atoms. The van der Waals surface area contributed by atoms with Crippen LogP contribution in [0.15, 0.2) is 59.5 Å². The minimum absolute atomic E-state index is 0.169. The number of hydrogen-bond donors (Lipinski definition) is 2. The largest absolute Gasteiger partial charge is 0.490 e. The fraction of sp³-hybridized carbons (Fsp3) is 0.115. The van der Waals surface area contributed by atoms with Crippen LogP contribution in [0.2, 0.25) is 20.1 Å². The first-order valence-electron chi connectivity index (χ1n) is 11.3. The van der Waals surface area contributed by atoms with Crippen molar-refractivity contribution in [1.29, 1.82) is 0 Å². The summed E-state index contributed by atoms with van der Waals surface area (Å²) in [6.45, 7) is 2.52. The molecule has 3 amide bonds. The number of nitrogens with one attached hydrogen (secondary N) is 2. The van der Waals surface area contributed by atoms with Gasteiger partial charge in [-0.2, -0.15) is 5.01 Å². The number of benzene rings is 3. The lowest BCUT2D eigenvalue weighted by molar-refractivity contribution is -0.123. The lowest BCUT2D eigenvalue weighted by Crippen LogP contribution is -2.46. The standard InChI is InChI=1S/C26H19Cl4N3O4S2/c1-2-36-22-10-14(4-8-21(22)37-13-15-3-6-17(27)19(29)9-15)11-23-24(34)33(26(38)39-23)32-25(35)31-16-5-7-18(28)20(30)12-16/h3-12H,2,13H2,1H3,(H2,31,32,35)/b23-11+. The van der Waals surface area contributed by atoms with Crippen molar-refractivity contribution in [3.8, 4) is 11.5 Å². The second kappa shape index (κ2) is 13.1. The molecule has 0 atom stereocenters. The summed E-state index contributed by atoms with van der Waals surface area (Å²) in [5, 5.41) is 5.11. The van der Waals surface area contributed by atoms with Crippen molar-refractivity contribution in [1.82, 2.24) is 10.4 Å². The number of halogens is 4. The maximum absolute atomic E-state index is 13.0. The van der Waals surface area contributed by atoms with Crippen LogP contribution in [0.1, 0.15) is 18.1 Å². The molecule has 39 heavy (non-hydrogen) atoms. The summed E-state index contributed by atoms with van der Waals surface area (Å²) in [7, 11) is 0. The highest BCUT2D eigenvalue weighted by atomic mass is 35.5. The van der Waals surface area contributed by atoms with E-state index >= 15 is 0 Å². The lowest BCUT2D eigenvalue weighted by Gasteiger charge is -2.16. The van der Waals surface area contributed by atoms with Crippen molar-refractivity contribution in [3.05, 3.63) is 90.7 Å². The molecule has 1 fully saturated rings. The van der Waals surface area contributed by atoms with E-state index < -0.39 is 11.9 Å². The number of hydrazine groups is 1. The fourth-order valence-electron chi connectivity index (χ4n) is 3.34. The van der Waals surface area contributed by atoms with E-state index in [1.54, 1.807) is 48.5 Å². The van der Waals surface area contributed by atoms with Crippen LogP contribution in [0.3, 0.4) is 0 Å². The van der Waals surface area contributed by atoms with Crippen molar-refractivity contribution < 1.29 is 19.1 Å². The maximum Gasteiger partial charge on any atom is 0.338 e. The Morgan fingerprint density at radius 3 is 2.36 bits per heavy atom. The molecule has 1 heterocycles. The van der Waals surface area contributed by atoms with Gasteiger partial charge < -0.3 is 14.8 Å². The zero-order chi connectivity index (χ0) is 28.1. The van der Waals surface area contributed by atoms with Gasteiger partial charge in [-0.3, -0.25) is 4.79 Å². The fourth-order valence-corrected chi connectivity index (χ4v) is 5.14.